The van der Waals surface area contributed by atoms with Gasteiger partial charge in [0.15, 0.2) is 0 Å². The van der Waals surface area contributed by atoms with Gasteiger partial charge >= 0.3 is 12.1 Å². The molecule has 2 aliphatic rings. The molecule has 4 rings (SSSR count). The number of ether oxygens (including phenoxy) is 2. The number of carboxylic acid groups (broad SMARTS) is 1. The van der Waals surface area contributed by atoms with Crippen LogP contribution in [0.5, 0.6) is 0 Å². The Morgan fingerprint density at radius 3 is 2.75 bits per heavy atom. The van der Waals surface area contributed by atoms with Gasteiger partial charge in [0, 0.05) is 26.6 Å². The van der Waals surface area contributed by atoms with E-state index in [9.17, 15) is 14.7 Å². The first-order chi connectivity index (χ1) is 15.4. The lowest BCUT2D eigenvalue weighted by molar-refractivity contribution is -0.145. The van der Waals surface area contributed by atoms with Gasteiger partial charge in [0.05, 0.1) is 29.5 Å². The predicted molar refractivity (Wildman–Crippen MR) is 115 cm³/mol. The zero-order valence-electron chi connectivity index (χ0n) is 18.5. The molecule has 2 fully saturated rings. The van der Waals surface area contributed by atoms with Crippen LogP contribution in [0.15, 0.2) is 30.3 Å². The summed E-state index contributed by atoms with van der Waals surface area (Å²) in [7, 11) is 3.49. The minimum Gasteiger partial charge on any atom is -0.481 e. The molecule has 9 nitrogen and oxygen atoms in total. The Morgan fingerprint density at radius 2 is 2.00 bits per heavy atom. The predicted octanol–water partition coefficient (Wildman–Crippen LogP) is 3.10. The van der Waals surface area contributed by atoms with Gasteiger partial charge < -0.3 is 19.5 Å². The van der Waals surface area contributed by atoms with E-state index in [1.165, 1.54) is 4.90 Å². The van der Waals surface area contributed by atoms with Crippen LogP contribution in [0, 0.1) is 5.92 Å². The molecule has 1 heterocycles. The van der Waals surface area contributed by atoms with E-state index >= 15 is 0 Å². The smallest absolute Gasteiger partial charge is 0.410 e. The third-order valence-corrected chi connectivity index (χ3v) is 6.31. The maximum atomic E-state index is 12.4. The maximum Gasteiger partial charge on any atom is 0.410 e. The summed E-state index contributed by atoms with van der Waals surface area (Å²) in [6, 6.07) is 9.74. The molecule has 1 N–H and O–H groups in total. The Kier molecular flexibility index (Phi) is 6.74. The van der Waals surface area contributed by atoms with Gasteiger partial charge in [0.1, 0.15) is 6.61 Å². The van der Waals surface area contributed by atoms with Crippen LogP contribution < -0.4 is 0 Å². The molecular weight excluding hydrogens is 412 g/mol. The number of hydrogen-bond acceptors (Lipinski definition) is 6. The topological polar surface area (TPSA) is 107 Å². The van der Waals surface area contributed by atoms with E-state index in [-0.39, 0.29) is 30.7 Å². The molecule has 4 atom stereocenters. The summed E-state index contributed by atoms with van der Waals surface area (Å²) in [6.07, 6.45) is 3.46. The molecule has 2 unspecified atom stereocenters. The number of carbonyl (C=O) groups is 2. The van der Waals surface area contributed by atoms with Crippen LogP contribution in [0.2, 0.25) is 0 Å². The van der Waals surface area contributed by atoms with Crippen molar-refractivity contribution in [3.05, 3.63) is 47.3 Å². The van der Waals surface area contributed by atoms with Crippen LogP contribution in [0.1, 0.15) is 55.0 Å². The van der Waals surface area contributed by atoms with Crippen LogP contribution in [-0.2, 0) is 34.5 Å². The van der Waals surface area contributed by atoms with Crippen LogP contribution in [-0.4, -0.2) is 56.3 Å². The molecule has 1 aromatic heterocycles. The number of aryl methyl sites for hydroxylation is 1. The van der Waals surface area contributed by atoms with E-state index in [2.05, 4.69) is 10.3 Å². The standard InChI is InChI=1S/C23H30N4O5/c1-26(13-15-7-4-3-5-8-15)23(30)31-14-19-21(24-25-27(19)2)18-12-20(18)32-17-10-6-9-16(11-17)22(28)29/h3-5,7-8,16-18,20H,6,9-14H2,1-2H3,(H,28,29)/t16-,17-,18?,20?/m0/s1. The number of carboxylic acids is 1. The number of aliphatic carboxylic acids is 1. The second kappa shape index (κ2) is 9.68. The van der Waals surface area contributed by atoms with Crippen molar-refractivity contribution >= 4 is 12.1 Å². The van der Waals surface area contributed by atoms with E-state index in [0.717, 1.165) is 42.6 Å². The van der Waals surface area contributed by atoms with Gasteiger partial charge in [0.2, 0.25) is 0 Å². The minimum absolute atomic E-state index is 0.0134. The van der Waals surface area contributed by atoms with Gasteiger partial charge in [-0.15, -0.1) is 5.10 Å². The Hall–Kier alpha value is -2.94. The van der Waals surface area contributed by atoms with Gasteiger partial charge in [-0.2, -0.15) is 0 Å². The molecule has 1 aromatic carbocycles. The normalized spacial score (nSPS) is 24.7. The average molecular weight is 443 g/mol. The molecule has 32 heavy (non-hydrogen) atoms. The monoisotopic (exact) mass is 442 g/mol. The second-order valence-corrected chi connectivity index (χ2v) is 8.78. The van der Waals surface area contributed by atoms with Crippen molar-refractivity contribution in [3.8, 4) is 0 Å². The molecular formula is C23H30N4O5. The molecule has 2 saturated carbocycles. The lowest BCUT2D eigenvalue weighted by Gasteiger charge is -2.26. The fourth-order valence-electron chi connectivity index (χ4n) is 4.36. The molecule has 0 radical (unpaired) electrons. The number of hydrogen-bond donors (Lipinski definition) is 1. The van der Waals surface area contributed by atoms with E-state index in [1.54, 1.807) is 18.8 Å². The van der Waals surface area contributed by atoms with Crippen molar-refractivity contribution in [2.75, 3.05) is 7.05 Å². The first kappa shape index (κ1) is 22.3. The quantitative estimate of drug-likeness (QED) is 0.669. The molecule has 9 heteroatoms. The number of benzene rings is 1. The van der Waals surface area contributed by atoms with Crippen LogP contribution in [0.4, 0.5) is 4.79 Å². The highest BCUT2D eigenvalue weighted by Crippen LogP contribution is 2.45. The summed E-state index contributed by atoms with van der Waals surface area (Å²) in [4.78, 5) is 25.3. The first-order valence-corrected chi connectivity index (χ1v) is 11.1. The maximum absolute atomic E-state index is 12.4. The highest BCUT2D eigenvalue weighted by Gasteiger charge is 2.45. The highest BCUT2D eigenvalue weighted by molar-refractivity contribution is 5.70. The fourth-order valence-corrected chi connectivity index (χ4v) is 4.36. The van der Waals surface area contributed by atoms with Crippen molar-refractivity contribution < 1.29 is 24.2 Å². The van der Waals surface area contributed by atoms with E-state index < -0.39 is 12.1 Å². The molecule has 172 valence electrons. The van der Waals surface area contributed by atoms with Crippen LogP contribution in [0.25, 0.3) is 0 Å². The molecule has 1 amide bonds. The largest absolute Gasteiger partial charge is 0.481 e. The number of nitrogens with zero attached hydrogens (tertiary/aromatic N) is 4. The summed E-state index contributed by atoms with van der Waals surface area (Å²) in [5.74, 6) is -0.948. The number of aromatic nitrogens is 3. The molecule has 2 aromatic rings. The zero-order chi connectivity index (χ0) is 22.7. The summed E-state index contributed by atoms with van der Waals surface area (Å²) in [6.45, 7) is 0.554. The summed E-state index contributed by atoms with van der Waals surface area (Å²) < 4.78 is 13.3. The summed E-state index contributed by atoms with van der Waals surface area (Å²) in [5.41, 5.74) is 2.58. The number of rotatable bonds is 8. The summed E-state index contributed by atoms with van der Waals surface area (Å²) in [5, 5.41) is 17.7. The van der Waals surface area contributed by atoms with Gasteiger partial charge in [-0.25, -0.2) is 9.48 Å². The third kappa shape index (κ3) is 5.27. The van der Waals surface area contributed by atoms with Crippen molar-refractivity contribution in [2.24, 2.45) is 13.0 Å². The van der Waals surface area contributed by atoms with E-state index in [4.69, 9.17) is 9.47 Å². The molecule has 0 saturated heterocycles. The molecule has 0 bridgehead atoms. The van der Waals surface area contributed by atoms with Gasteiger partial charge in [-0.3, -0.25) is 4.79 Å². The van der Waals surface area contributed by atoms with Crippen LogP contribution >= 0.6 is 0 Å². The fraction of sp³-hybridized carbons (Fsp3) is 0.565. The lowest BCUT2D eigenvalue weighted by Crippen LogP contribution is -2.28. The van der Waals surface area contributed by atoms with E-state index in [0.29, 0.717) is 13.0 Å². The van der Waals surface area contributed by atoms with Crippen molar-refractivity contribution in [1.29, 1.82) is 0 Å². The number of carbonyl (C=O) groups excluding carboxylic acids is 1. The number of amides is 1. The first-order valence-electron chi connectivity index (χ1n) is 11.1. The minimum atomic E-state index is -0.735. The van der Waals surface area contributed by atoms with Gasteiger partial charge in [-0.05, 0) is 31.2 Å². The molecule has 2 aliphatic carbocycles. The summed E-state index contributed by atoms with van der Waals surface area (Å²) >= 11 is 0. The SMILES string of the molecule is CN(Cc1ccccc1)C(=O)OCc1c(C2CC2O[C@H]2CCC[C@H](C(=O)O)C2)nnn1C. The second-order valence-electron chi connectivity index (χ2n) is 8.78. The third-order valence-electron chi connectivity index (χ3n) is 6.31. The lowest BCUT2D eigenvalue weighted by atomic mass is 9.87. The van der Waals surface area contributed by atoms with Gasteiger partial charge in [0.25, 0.3) is 0 Å². The molecule has 0 aliphatic heterocycles. The Labute approximate surface area is 187 Å². The van der Waals surface area contributed by atoms with Crippen molar-refractivity contribution in [2.45, 2.75) is 63.4 Å². The van der Waals surface area contributed by atoms with Gasteiger partial charge in [-0.1, -0.05) is 42.0 Å². The van der Waals surface area contributed by atoms with Crippen molar-refractivity contribution in [3.63, 3.8) is 0 Å². The van der Waals surface area contributed by atoms with Crippen molar-refractivity contribution in [1.82, 2.24) is 19.9 Å². The Bertz CT molecular complexity index is 947. The molecule has 0 spiro atoms. The highest BCUT2D eigenvalue weighted by atomic mass is 16.6. The average Bonchev–Trinajstić information content (AvgIpc) is 3.44. The van der Waals surface area contributed by atoms with Crippen LogP contribution in [0.3, 0.4) is 0 Å². The Balaban J connectivity index is 1.30. The zero-order valence-corrected chi connectivity index (χ0v) is 18.5. The Morgan fingerprint density at radius 1 is 1.22 bits per heavy atom. The van der Waals surface area contributed by atoms with E-state index in [1.807, 2.05) is 30.3 Å².